The summed E-state index contributed by atoms with van der Waals surface area (Å²) in [4.78, 5) is 25.4. The van der Waals surface area contributed by atoms with Crippen LogP contribution in [0.1, 0.15) is 26.3 Å². The Morgan fingerprint density at radius 3 is 2.00 bits per heavy atom. The number of Topliss-reactive ketones (excluding diaryl/α,β-unsaturated/α-hetero) is 1. The van der Waals surface area contributed by atoms with Gasteiger partial charge in [0.2, 0.25) is 5.78 Å². The van der Waals surface area contributed by atoms with Gasteiger partial charge in [0.25, 0.3) is 5.91 Å². The Hall–Kier alpha value is -3.68. The first-order valence-electron chi connectivity index (χ1n) is 8.84. The molecule has 0 bridgehead atoms. The van der Waals surface area contributed by atoms with Gasteiger partial charge in [0.15, 0.2) is 6.17 Å². The van der Waals surface area contributed by atoms with Gasteiger partial charge in [-0.3, -0.25) is 9.59 Å². The molecular weight excluding hydrogens is 400 g/mol. The summed E-state index contributed by atoms with van der Waals surface area (Å²) in [7, 11) is 0. The molecular formula is C22H16F4N2O2. The molecule has 0 aliphatic carbocycles. The Kier molecular flexibility index (Phi) is 6.15. The molecule has 2 N–H and O–H groups in total. The standard InChI is InChI=1S/C22H16F4N2O2/c23-16-12-10-15(11-13-16)21(30)28-20(19(29)14-6-2-1-3-7-14)27-18-9-5-4-8-17(18)22(24,25)26/h1-13,20,27H,(H,28,30)/t20-/m0/s1. The molecule has 0 saturated carbocycles. The monoisotopic (exact) mass is 416 g/mol. The molecule has 3 rings (SSSR count). The summed E-state index contributed by atoms with van der Waals surface area (Å²) < 4.78 is 53.1. The molecule has 3 aromatic rings. The van der Waals surface area contributed by atoms with Crippen molar-refractivity contribution < 1.29 is 27.2 Å². The lowest BCUT2D eigenvalue weighted by Gasteiger charge is -2.23. The van der Waals surface area contributed by atoms with Gasteiger partial charge in [-0.05, 0) is 36.4 Å². The number of halogens is 4. The molecule has 154 valence electrons. The Balaban J connectivity index is 1.93. The van der Waals surface area contributed by atoms with Crippen LogP contribution in [0.25, 0.3) is 0 Å². The van der Waals surface area contributed by atoms with E-state index < -0.39 is 35.4 Å². The molecule has 0 radical (unpaired) electrons. The summed E-state index contributed by atoms with van der Waals surface area (Å²) in [6.45, 7) is 0. The highest BCUT2D eigenvalue weighted by molar-refractivity contribution is 6.05. The van der Waals surface area contributed by atoms with Crippen LogP contribution in [0.2, 0.25) is 0 Å². The Bertz CT molecular complexity index is 1040. The summed E-state index contributed by atoms with van der Waals surface area (Å²) >= 11 is 0. The Morgan fingerprint density at radius 2 is 1.37 bits per heavy atom. The van der Waals surface area contributed by atoms with Crippen molar-refractivity contribution in [1.82, 2.24) is 5.32 Å². The van der Waals surface area contributed by atoms with E-state index in [2.05, 4.69) is 10.6 Å². The zero-order chi connectivity index (χ0) is 21.7. The van der Waals surface area contributed by atoms with Gasteiger partial charge in [0.05, 0.1) is 5.56 Å². The van der Waals surface area contributed by atoms with Crippen LogP contribution in [0, 0.1) is 5.82 Å². The first kappa shape index (κ1) is 21.0. The van der Waals surface area contributed by atoms with Crippen LogP contribution >= 0.6 is 0 Å². The number of amides is 1. The third kappa shape index (κ3) is 5.02. The van der Waals surface area contributed by atoms with Crippen LogP contribution in [0.15, 0.2) is 78.9 Å². The fraction of sp³-hybridized carbons (Fsp3) is 0.0909. The number of benzene rings is 3. The van der Waals surface area contributed by atoms with Crippen LogP contribution in [0.5, 0.6) is 0 Å². The van der Waals surface area contributed by atoms with E-state index in [9.17, 15) is 27.2 Å². The molecule has 8 heteroatoms. The minimum atomic E-state index is -4.66. The number of carbonyl (C=O) groups excluding carboxylic acids is 2. The topological polar surface area (TPSA) is 58.2 Å². The second kappa shape index (κ2) is 8.77. The summed E-state index contributed by atoms with van der Waals surface area (Å²) in [5.74, 6) is -1.94. The number of carbonyl (C=O) groups is 2. The van der Waals surface area contributed by atoms with E-state index in [0.29, 0.717) is 0 Å². The van der Waals surface area contributed by atoms with E-state index >= 15 is 0 Å². The van der Waals surface area contributed by atoms with Crippen LogP contribution < -0.4 is 10.6 Å². The molecule has 1 amide bonds. The lowest BCUT2D eigenvalue weighted by molar-refractivity contribution is -0.137. The molecule has 0 saturated heterocycles. The highest BCUT2D eigenvalue weighted by atomic mass is 19.4. The van der Waals surface area contributed by atoms with Crippen molar-refractivity contribution in [3.8, 4) is 0 Å². The molecule has 0 heterocycles. The molecule has 0 unspecified atom stereocenters. The molecule has 0 fully saturated rings. The van der Waals surface area contributed by atoms with E-state index in [1.54, 1.807) is 18.2 Å². The van der Waals surface area contributed by atoms with Crippen molar-refractivity contribution in [1.29, 1.82) is 0 Å². The number of anilines is 1. The molecule has 30 heavy (non-hydrogen) atoms. The SMILES string of the molecule is O=C(N[C@H](Nc1ccccc1C(F)(F)F)C(=O)c1ccccc1)c1ccc(F)cc1. The highest BCUT2D eigenvalue weighted by Gasteiger charge is 2.34. The van der Waals surface area contributed by atoms with Crippen molar-refractivity contribution >= 4 is 17.4 Å². The fourth-order valence-corrected chi connectivity index (χ4v) is 2.76. The molecule has 0 spiro atoms. The third-order valence-corrected chi connectivity index (χ3v) is 4.23. The summed E-state index contributed by atoms with van der Waals surface area (Å²) in [5.41, 5.74) is -1.10. The summed E-state index contributed by atoms with van der Waals surface area (Å²) in [6, 6.07) is 17.0. The van der Waals surface area contributed by atoms with Crippen LogP contribution in [0.3, 0.4) is 0 Å². The van der Waals surface area contributed by atoms with Crippen LogP contribution in [-0.4, -0.2) is 17.9 Å². The molecule has 4 nitrogen and oxygen atoms in total. The van der Waals surface area contributed by atoms with Gasteiger partial charge in [-0.25, -0.2) is 4.39 Å². The van der Waals surface area contributed by atoms with E-state index in [1.807, 2.05) is 0 Å². The maximum Gasteiger partial charge on any atom is 0.418 e. The normalized spacial score (nSPS) is 12.1. The van der Waals surface area contributed by atoms with Crippen molar-refractivity contribution in [3.63, 3.8) is 0 Å². The van der Waals surface area contributed by atoms with Gasteiger partial charge in [-0.15, -0.1) is 0 Å². The van der Waals surface area contributed by atoms with Crippen molar-refractivity contribution in [2.75, 3.05) is 5.32 Å². The summed E-state index contributed by atoms with van der Waals surface area (Å²) in [5, 5.41) is 4.88. The zero-order valence-electron chi connectivity index (χ0n) is 15.4. The van der Waals surface area contributed by atoms with Gasteiger partial charge >= 0.3 is 6.18 Å². The Morgan fingerprint density at radius 1 is 0.767 bits per heavy atom. The maximum atomic E-state index is 13.3. The van der Waals surface area contributed by atoms with Gasteiger partial charge in [-0.1, -0.05) is 42.5 Å². The van der Waals surface area contributed by atoms with E-state index in [-0.39, 0.29) is 16.8 Å². The molecule has 0 aliphatic rings. The number of alkyl halides is 3. The minimum absolute atomic E-state index is 0.0492. The molecule has 0 aromatic heterocycles. The number of ketones is 1. The highest BCUT2D eigenvalue weighted by Crippen LogP contribution is 2.34. The first-order valence-corrected chi connectivity index (χ1v) is 8.84. The lowest BCUT2D eigenvalue weighted by Crippen LogP contribution is -2.46. The predicted molar refractivity (Wildman–Crippen MR) is 103 cm³/mol. The van der Waals surface area contributed by atoms with Gasteiger partial charge in [0, 0.05) is 16.8 Å². The summed E-state index contributed by atoms with van der Waals surface area (Å²) in [6.07, 6.45) is -6.15. The van der Waals surface area contributed by atoms with Crippen molar-refractivity contribution in [2.24, 2.45) is 0 Å². The number of hydrogen-bond acceptors (Lipinski definition) is 3. The molecule has 0 aliphatic heterocycles. The zero-order valence-corrected chi connectivity index (χ0v) is 15.4. The Labute approximate surface area is 169 Å². The lowest BCUT2D eigenvalue weighted by atomic mass is 10.1. The van der Waals surface area contributed by atoms with Gasteiger partial charge < -0.3 is 10.6 Å². The number of para-hydroxylation sites is 1. The fourth-order valence-electron chi connectivity index (χ4n) is 2.76. The van der Waals surface area contributed by atoms with Crippen LogP contribution in [0.4, 0.5) is 23.2 Å². The largest absolute Gasteiger partial charge is 0.418 e. The van der Waals surface area contributed by atoms with Crippen molar-refractivity contribution in [3.05, 3.63) is 101 Å². The average Bonchev–Trinajstić information content (AvgIpc) is 2.73. The number of rotatable bonds is 6. The van der Waals surface area contributed by atoms with Gasteiger partial charge in [0.1, 0.15) is 5.82 Å². The number of nitrogens with one attached hydrogen (secondary N) is 2. The minimum Gasteiger partial charge on any atom is -0.358 e. The van der Waals surface area contributed by atoms with Gasteiger partial charge in [-0.2, -0.15) is 13.2 Å². The maximum absolute atomic E-state index is 13.3. The van der Waals surface area contributed by atoms with Crippen LogP contribution in [-0.2, 0) is 6.18 Å². The van der Waals surface area contributed by atoms with E-state index in [1.165, 1.54) is 36.4 Å². The van der Waals surface area contributed by atoms with E-state index in [0.717, 1.165) is 24.3 Å². The second-order valence-corrected chi connectivity index (χ2v) is 6.33. The second-order valence-electron chi connectivity index (χ2n) is 6.33. The van der Waals surface area contributed by atoms with Crippen molar-refractivity contribution in [2.45, 2.75) is 12.3 Å². The number of hydrogen-bond donors (Lipinski definition) is 2. The predicted octanol–water partition coefficient (Wildman–Crippen LogP) is 4.90. The first-order chi connectivity index (χ1) is 14.3. The average molecular weight is 416 g/mol. The molecule has 1 atom stereocenters. The van der Waals surface area contributed by atoms with E-state index in [4.69, 9.17) is 0 Å². The third-order valence-electron chi connectivity index (χ3n) is 4.23. The smallest absolute Gasteiger partial charge is 0.358 e. The molecule has 3 aromatic carbocycles. The quantitative estimate of drug-likeness (QED) is 0.342.